The normalized spacial score (nSPS) is 11.9. The molecule has 1 heterocycles. The van der Waals surface area contributed by atoms with Gasteiger partial charge in [-0.15, -0.1) is 0 Å². The maximum Gasteiger partial charge on any atom is 0.337 e. The fourth-order valence-electron chi connectivity index (χ4n) is 1.76. The van der Waals surface area contributed by atoms with Gasteiger partial charge in [-0.3, -0.25) is 4.98 Å². The number of anilines is 1. The number of nitrogens with one attached hydrogen (secondary N) is 1. The summed E-state index contributed by atoms with van der Waals surface area (Å²) in [7, 11) is 0. The molecule has 2 rings (SSSR count). The van der Waals surface area contributed by atoms with Gasteiger partial charge in [0, 0.05) is 24.1 Å². The molecule has 0 fully saturated rings. The number of hydrogen-bond donors (Lipinski definition) is 2. The summed E-state index contributed by atoms with van der Waals surface area (Å²) in [6, 6.07) is 8.73. The Labute approximate surface area is 116 Å². The number of pyridine rings is 1. The number of carboxylic acids is 1. The van der Waals surface area contributed by atoms with Crippen LogP contribution in [0.3, 0.4) is 0 Å². The molecular formula is C14H13ClN2O2. The molecule has 0 radical (unpaired) electrons. The lowest BCUT2D eigenvalue weighted by molar-refractivity contribution is 0.0697. The lowest BCUT2D eigenvalue weighted by Gasteiger charge is -2.16. The number of carboxylic acid groups (broad SMARTS) is 1. The minimum Gasteiger partial charge on any atom is -0.478 e. The van der Waals surface area contributed by atoms with E-state index in [0.29, 0.717) is 5.69 Å². The first kappa shape index (κ1) is 13.4. The fraction of sp³-hybridized carbons (Fsp3) is 0.143. The highest BCUT2D eigenvalue weighted by Crippen LogP contribution is 2.24. The van der Waals surface area contributed by atoms with Crippen molar-refractivity contribution < 1.29 is 9.90 Å². The first-order valence-corrected chi connectivity index (χ1v) is 6.15. The number of aromatic nitrogens is 1. The summed E-state index contributed by atoms with van der Waals surface area (Å²) in [4.78, 5) is 15.0. The van der Waals surface area contributed by atoms with Gasteiger partial charge in [0.25, 0.3) is 0 Å². The lowest BCUT2D eigenvalue weighted by Crippen LogP contribution is -2.07. The Balaban J connectivity index is 2.20. The van der Waals surface area contributed by atoms with Crippen LogP contribution < -0.4 is 5.32 Å². The average molecular weight is 277 g/mol. The molecule has 2 N–H and O–H groups in total. The van der Waals surface area contributed by atoms with Crippen LogP contribution in [0, 0.1) is 0 Å². The lowest BCUT2D eigenvalue weighted by atomic mass is 10.1. The minimum absolute atomic E-state index is 0.0471. The molecule has 0 saturated carbocycles. The summed E-state index contributed by atoms with van der Waals surface area (Å²) in [6.45, 7) is 1.99. The highest BCUT2D eigenvalue weighted by Gasteiger charge is 2.11. The van der Waals surface area contributed by atoms with Crippen LogP contribution in [0.15, 0.2) is 42.7 Å². The third kappa shape index (κ3) is 3.23. The summed E-state index contributed by atoms with van der Waals surface area (Å²) >= 11 is 5.83. The Hall–Kier alpha value is -2.07. The molecule has 0 aliphatic carbocycles. The van der Waals surface area contributed by atoms with Crippen LogP contribution >= 0.6 is 11.6 Å². The zero-order valence-electron chi connectivity index (χ0n) is 10.3. The molecule has 0 aliphatic rings. The van der Waals surface area contributed by atoms with Crippen LogP contribution in [0.25, 0.3) is 0 Å². The van der Waals surface area contributed by atoms with E-state index >= 15 is 0 Å². The molecule has 2 aromatic rings. The summed E-state index contributed by atoms with van der Waals surface area (Å²) in [6.07, 6.45) is 3.44. The van der Waals surface area contributed by atoms with Crippen molar-refractivity contribution in [2.24, 2.45) is 0 Å². The van der Waals surface area contributed by atoms with Gasteiger partial charge in [-0.25, -0.2) is 4.79 Å². The van der Waals surface area contributed by atoms with Crippen molar-refractivity contribution in [2.75, 3.05) is 5.32 Å². The average Bonchev–Trinajstić information content (AvgIpc) is 2.41. The minimum atomic E-state index is -1.04. The Morgan fingerprint density at radius 3 is 2.63 bits per heavy atom. The molecule has 19 heavy (non-hydrogen) atoms. The van der Waals surface area contributed by atoms with E-state index in [1.807, 2.05) is 19.1 Å². The second kappa shape index (κ2) is 5.71. The Bertz CT molecular complexity index is 587. The molecule has 1 atom stereocenters. The largest absolute Gasteiger partial charge is 0.478 e. The molecule has 5 heteroatoms. The third-order valence-electron chi connectivity index (χ3n) is 2.79. The first-order chi connectivity index (χ1) is 9.08. The van der Waals surface area contributed by atoms with Crippen LogP contribution in [0.5, 0.6) is 0 Å². The number of nitrogens with zero attached hydrogens (tertiary/aromatic N) is 1. The van der Waals surface area contributed by atoms with Crippen molar-refractivity contribution in [3.63, 3.8) is 0 Å². The molecule has 1 aromatic carbocycles. The number of aromatic carboxylic acids is 1. The van der Waals surface area contributed by atoms with E-state index < -0.39 is 5.97 Å². The fourth-order valence-corrected chi connectivity index (χ4v) is 1.96. The molecule has 0 spiro atoms. The maximum atomic E-state index is 11.0. The molecule has 0 saturated heterocycles. The van der Waals surface area contributed by atoms with E-state index in [2.05, 4.69) is 10.3 Å². The van der Waals surface area contributed by atoms with Gasteiger partial charge < -0.3 is 10.4 Å². The summed E-state index contributed by atoms with van der Waals surface area (Å²) < 4.78 is 0. The van der Waals surface area contributed by atoms with E-state index in [9.17, 15) is 4.79 Å². The predicted molar refractivity (Wildman–Crippen MR) is 74.7 cm³/mol. The van der Waals surface area contributed by atoms with Gasteiger partial charge in [0.2, 0.25) is 0 Å². The smallest absolute Gasteiger partial charge is 0.337 e. The third-order valence-corrected chi connectivity index (χ3v) is 3.12. The number of rotatable bonds is 4. The standard InChI is InChI=1S/C14H13ClN2O2/c1-9(10-4-6-16-7-5-10)17-11-2-3-13(15)12(8-11)14(18)19/h2-9,17H,1H3,(H,18,19). The second-order valence-corrected chi connectivity index (χ2v) is 4.55. The van der Waals surface area contributed by atoms with E-state index in [-0.39, 0.29) is 16.6 Å². The van der Waals surface area contributed by atoms with Crippen molar-refractivity contribution in [2.45, 2.75) is 13.0 Å². The number of benzene rings is 1. The molecule has 1 unspecified atom stereocenters. The SMILES string of the molecule is CC(Nc1ccc(Cl)c(C(=O)O)c1)c1ccncc1. The number of hydrogen-bond acceptors (Lipinski definition) is 3. The van der Waals surface area contributed by atoms with Crippen molar-refractivity contribution in [1.29, 1.82) is 0 Å². The van der Waals surface area contributed by atoms with Crippen molar-refractivity contribution >= 4 is 23.3 Å². The van der Waals surface area contributed by atoms with Gasteiger partial charge in [0.05, 0.1) is 10.6 Å². The highest BCUT2D eigenvalue weighted by molar-refractivity contribution is 6.33. The van der Waals surface area contributed by atoms with Gasteiger partial charge in [0.15, 0.2) is 0 Å². The van der Waals surface area contributed by atoms with Crippen LogP contribution in [-0.2, 0) is 0 Å². The van der Waals surface area contributed by atoms with E-state index in [0.717, 1.165) is 5.56 Å². The molecule has 1 aromatic heterocycles. The zero-order chi connectivity index (χ0) is 13.8. The van der Waals surface area contributed by atoms with Crippen LogP contribution in [0.1, 0.15) is 28.9 Å². The van der Waals surface area contributed by atoms with E-state index in [1.54, 1.807) is 24.5 Å². The number of carbonyl (C=O) groups is 1. The van der Waals surface area contributed by atoms with Crippen LogP contribution in [-0.4, -0.2) is 16.1 Å². The first-order valence-electron chi connectivity index (χ1n) is 5.77. The quantitative estimate of drug-likeness (QED) is 0.895. The Morgan fingerprint density at radius 1 is 1.32 bits per heavy atom. The van der Waals surface area contributed by atoms with E-state index in [4.69, 9.17) is 16.7 Å². The van der Waals surface area contributed by atoms with Crippen molar-refractivity contribution in [1.82, 2.24) is 4.98 Å². The summed E-state index contributed by atoms with van der Waals surface area (Å²) in [5, 5.41) is 12.5. The monoisotopic (exact) mass is 276 g/mol. The zero-order valence-corrected chi connectivity index (χ0v) is 11.1. The molecular weight excluding hydrogens is 264 g/mol. The Morgan fingerprint density at radius 2 is 2.00 bits per heavy atom. The van der Waals surface area contributed by atoms with Crippen LogP contribution in [0.4, 0.5) is 5.69 Å². The van der Waals surface area contributed by atoms with Gasteiger partial charge in [-0.1, -0.05) is 11.6 Å². The highest BCUT2D eigenvalue weighted by atomic mass is 35.5. The maximum absolute atomic E-state index is 11.0. The van der Waals surface area contributed by atoms with Crippen molar-refractivity contribution in [3.8, 4) is 0 Å². The topological polar surface area (TPSA) is 62.2 Å². The molecule has 98 valence electrons. The second-order valence-electron chi connectivity index (χ2n) is 4.15. The van der Waals surface area contributed by atoms with Gasteiger partial charge in [0.1, 0.15) is 0 Å². The molecule has 0 amide bonds. The molecule has 4 nitrogen and oxygen atoms in total. The molecule has 0 bridgehead atoms. The van der Waals surface area contributed by atoms with Gasteiger partial charge in [-0.2, -0.15) is 0 Å². The number of halogens is 1. The molecule has 0 aliphatic heterocycles. The van der Waals surface area contributed by atoms with Crippen molar-refractivity contribution in [3.05, 3.63) is 58.9 Å². The predicted octanol–water partition coefficient (Wildman–Crippen LogP) is 3.61. The summed E-state index contributed by atoms with van der Waals surface area (Å²) in [5.74, 6) is -1.04. The Kier molecular flexibility index (Phi) is 4.02. The van der Waals surface area contributed by atoms with Crippen LogP contribution in [0.2, 0.25) is 5.02 Å². The summed E-state index contributed by atoms with van der Waals surface area (Å²) in [5.41, 5.74) is 1.88. The van der Waals surface area contributed by atoms with E-state index in [1.165, 1.54) is 6.07 Å². The van der Waals surface area contributed by atoms with Gasteiger partial charge in [-0.05, 0) is 42.8 Å². The van der Waals surface area contributed by atoms with Gasteiger partial charge >= 0.3 is 5.97 Å².